The summed E-state index contributed by atoms with van der Waals surface area (Å²) in [7, 11) is 2.94. The number of hydrogen-bond donors (Lipinski definition) is 4. The summed E-state index contributed by atoms with van der Waals surface area (Å²) in [5, 5.41) is 5.56. The third-order valence-electron chi connectivity index (χ3n) is 8.28. The summed E-state index contributed by atoms with van der Waals surface area (Å²) in [6.45, 7) is 11.4. The van der Waals surface area contributed by atoms with Gasteiger partial charge in [0.1, 0.15) is 12.2 Å². The van der Waals surface area contributed by atoms with Crippen molar-refractivity contribution in [2.75, 3.05) is 27.3 Å². The summed E-state index contributed by atoms with van der Waals surface area (Å²) in [6.07, 6.45) is 6.71. The van der Waals surface area contributed by atoms with Gasteiger partial charge in [0.25, 0.3) is 5.91 Å². The molecule has 1 aliphatic heterocycles. The molecular weight excluding hydrogens is 632 g/mol. The van der Waals surface area contributed by atoms with Crippen molar-refractivity contribution in [1.29, 1.82) is 0 Å². The number of amides is 2. The summed E-state index contributed by atoms with van der Waals surface area (Å²) in [6, 6.07) is 0. The van der Waals surface area contributed by atoms with E-state index in [1.165, 1.54) is 20.3 Å². The Morgan fingerprint density at radius 1 is 1.10 bits per heavy atom. The summed E-state index contributed by atoms with van der Waals surface area (Å²) >= 11 is 0. The standard InChI is InChI=1S/C36H52N4O9/c1-8-16-39-31-25-17-21(2)18-29(47-7)34(48-30(42)14-9-10-15-37)24(5)19-23(4)33(49-36(38)45)28(46-6)13-11-12-22(3)35(44)40-26(32(25)43)20-27(31)41/h8,11-13,19-21,24,28-29,33-34,39H,1,9-10,14-18,37H2,2-7H3,(H2,38,45)(H,40,44)/b13-11-,22-12+,23-19+/t21-,24+,28+,29+,33+,34-/m1/s1. The second-order valence-corrected chi connectivity index (χ2v) is 12.3. The number of methoxy groups -OCH3 is 2. The van der Waals surface area contributed by atoms with Crippen LogP contribution in [0.1, 0.15) is 59.8 Å². The molecule has 6 atom stereocenters. The second kappa shape index (κ2) is 20.2. The number of hydrogen-bond acceptors (Lipinski definition) is 11. The summed E-state index contributed by atoms with van der Waals surface area (Å²) in [4.78, 5) is 65.1. The Labute approximate surface area is 288 Å². The number of primary amides is 1. The molecule has 13 heteroatoms. The van der Waals surface area contributed by atoms with Crippen molar-refractivity contribution in [3.05, 3.63) is 71.1 Å². The number of nitrogens with one attached hydrogen (secondary N) is 2. The average molecular weight is 685 g/mol. The minimum atomic E-state index is -1.02. The van der Waals surface area contributed by atoms with Crippen molar-refractivity contribution in [2.45, 2.75) is 84.2 Å². The van der Waals surface area contributed by atoms with Crippen LogP contribution in [0, 0.1) is 11.8 Å². The Balaban J connectivity index is 2.72. The van der Waals surface area contributed by atoms with Gasteiger partial charge in [0, 0.05) is 50.3 Å². The predicted octanol–water partition coefficient (Wildman–Crippen LogP) is 3.22. The topological polar surface area (TPSA) is 198 Å². The molecule has 49 heavy (non-hydrogen) atoms. The molecule has 0 spiro atoms. The highest BCUT2D eigenvalue weighted by molar-refractivity contribution is 6.23. The molecule has 0 unspecified atom stereocenters. The Kier molecular flexibility index (Phi) is 16.9. The summed E-state index contributed by atoms with van der Waals surface area (Å²) in [5.74, 6) is -2.70. The maximum Gasteiger partial charge on any atom is 0.405 e. The van der Waals surface area contributed by atoms with Crippen LogP contribution in [0.15, 0.2) is 71.1 Å². The Morgan fingerprint density at radius 3 is 2.43 bits per heavy atom. The molecule has 270 valence electrons. The molecule has 2 aliphatic rings. The highest BCUT2D eigenvalue weighted by Gasteiger charge is 2.35. The van der Waals surface area contributed by atoms with Crippen LogP contribution in [0.4, 0.5) is 4.79 Å². The third-order valence-corrected chi connectivity index (χ3v) is 8.28. The zero-order chi connectivity index (χ0) is 36.7. The predicted molar refractivity (Wildman–Crippen MR) is 185 cm³/mol. The van der Waals surface area contributed by atoms with Crippen molar-refractivity contribution in [2.24, 2.45) is 23.3 Å². The molecule has 2 amide bonds. The van der Waals surface area contributed by atoms with Crippen LogP contribution in [-0.2, 0) is 38.1 Å². The highest BCUT2D eigenvalue weighted by atomic mass is 16.6. The maximum atomic E-state index is 13.8. The third kappa shape index (κ3) is 12.3. The van der Waals surface area contributed by atoms with Gasteiger partial charge in [0.15, 0.2) is 6.10 Å². The highest BCUT2D eigenvalue weighted by Crippen LogP contribution is 2.30. The van der Waals surface area contributed by atoms with Crippen LogP contribution < -0.4 is 22.1 Å². The largest absolute Gasteiger partial charge is 0.459 e. The number of ether oxygens (including phenoxy) is 4. The molecule has 0 aromatic rings. The summed E-state index contributed by atoms with van der Waals surface area (Å²) in [5.41, 5.74) is 12.0. The molecule has 13 nitrogen and oxygen atoms in total. The fourth-order valence-corrected chi connectivity index (χ4v) is 5.75. The van der Waals surface area contributed by atoms with Crippen LogP contribution in [-0.4, -0.2) is 81.3 Å². The number of Topliss-reactive ketones (excluding diaryl/α,β-unsaturated/α-hetero) is 1. The van der Waals surface area contributed by atoms with E-state index in [-0.39, 0.29) is 47.8 Å². The maximum absolute atomic E-state index is 13.8. The average Bonchev–Trinajstić information content (AvgIpc) is 3.05. The fourth-order valence-electron chi connectivity index (χ4n) is 5.75. The zero-order valence-corrected chi connectivity index (χ0v) is 29.4. The van der Waals surface area contributed by atoms with Crippen molar-refractivity contribution in [1.82, 2.24) is 10.6 Å². The van der Waals surface area contributed by atoms with E-state index in [1.54, 1.807) is 32.1 Å². The number of ketones is 2. The van der Waals surface area contributed by atoms with Gasteiger partial charge in [0.2, 0.25) is 11.6 Å². The monoisotopic (exact) mass is 684 g/mol. The van der Waals surface area contributed by atoms with E-state index < -0.39 is 59.9 Å². The van der Waals surface area contributed by atoms with E-state index in [1.807, 2.05) is 19.9 Å². The van der Waals surface area contributed by atoms with Gasteiger partial charge >= 0.3 is 12.1 Å². The van der Waals surface area contributed by atoms with Gasteiger partial charge in [-0.05, 0) is 57.6 Å². The number of fused-ring (bicyclic) bond motifs is 2. The first-order chi connectivity index (χ1) is 23.3. The lowest BCUT2D eigenvalue weighted by Crippen LogP contribution is -2.40. The molecular formula is C36H52N4O9. The molecule has 0 fully saturated rings. The van der Waals surface area contributed by atoms with Crippen molar-refractivity contribution in [3.8, 4) is 0 Å². The first-order valence-electron chi connectivity index (χ1n) is 16.4. The second-order valence-electron chi connectivity index (χ2n) is 12.3. The first-order valence-corrected chi connectivity index (χ1v) is 16.4. The van der Waals surface area contributed by atoms with Crippen molar-refractivity contribution in [3.63, 3.8) is 0 Å². The number of rotatable bonds is 11. The fraction of sp³-hybridized carbons (Fsp3) is 0.528. The molecule has 0 saturated carbocycles. The molecule has 1 aliphatic carbocycles. The van der Waals surface area contributed by atoms with Crippen molar-refractivity contribution >= 4 is 29.5 Å². The van der Waals surface area contributed by atoms with Crippen LogP contribution in [0.2, 0.25) is 0 Å². The van der Waals surface area contributed by atoms with Crippen LogP contribution >= 0.6 is 0 Å². The van der Waals surface area contributed by atoms with Gasteiger partial charge in [-0.1, -0.05) is 44.2 Å². The van der Waals surface area contributed by atoms with Gasteiger partial charge in [-0.2, -0.15) is 0 Å². The minimum absolute atomic E-state index is 0.130. The van der Waals surface area contributed by atoms with Crippen LogP contribution in [0.3, 0.4) is 0 Å². The Bertz CT molecular complexity index is 1390. The van der Waals surface area contributed by atoms with Gasteiger partial charge < -0.3 is 41.0 Å². The molecule has 6 N–H and O–H groups in total. The number of carbonyl (C=O) groups excluding carboxylic acids is 5. The number of allylic oxidation sites excluding steroid dienone is 4. The first kappa shape index (κ1) is 40.8. The SMILES string of the molecule is C=CCNC1=C2C[C@@H](C)C[C@H](OC)[C@H](OC(=O)CCCCN)[C@@H](C)/C=C(\C)[C@H](OC(N)=O)[C@@H](OC)/C=C\C=C(/C)C(=O)NC(=CC1=O)C2=O. The number of nitrogens with two attached hydrogens (primary N) is 2. The Hall–Kier alpha value is -4.33. The van der Waals surface area contributed by atoms with Crippen molar-refractivity contribution < 1.29 is 42.9 Å². The van der Waals surface area contributed by atoms with Gasteiger partial charge in [0.05, 0.1) is 17.5 Å². The zero-order valence-electron chi connectivity index (χ0n) is 29.4. The molecule has 0 radical (unpaired) electrons. The smallest absolute Gasteiger partial charge is 0.405 e. The lowest BCUT2D eigenvalue weighted by Gasteiger charge is -2.32. The van der Waals surface area contributed by atoms with E-state index in [0.717, 1.165) is 6.08 Å². The summed E-state index contributed by atoms with van der Waals surface area (Å²) < 4.78 is 23.1. The van der Waals surface area contributed by atoms with Crippen LogP contribution in [0.25, 0.3) is 0 Å². The molecule has 0 aromatic carbocycles. The van der Waals surface area contributed by atoms with Gasteiger partial charge in [-0.15, -0.1) is 6.58 Å². The number of carbonyl (C=O) groups is 5. The minimum Gasteiger partial charge on any atom is -0.459 e. The van der Waals surface area contributed by atoms with E-state index in [9.17, 15) is 24.0 Å². The number of esters is 1. The Morgan fingerprint density at radius 2 is 1.82 bits per heavy atom. The van der Waals surface area contributed by atoms with E-state index in [0.29, 0.717) is 31.4 Å². The molecule has 2 rings (SSSR count). The number of unbranched alkanes of at least 4 members (excludes halogenated alkanes) is 1. The lowest BCUT2D eigenvalue weighted by atomic mass is 9.85. The lowest BCUT2D eigenvalue weighted by molar-refractivity contribution is -0.160. The quantitative estimate of drug-likeness (QED) is 0.108. The molecule has 0 aromatic heterocycles. The van der Waals surface area contributed by atoms with Gasteiger partial charge in [-0.3, -0.25) is 19.2 Å². The van der Waals surface area contributed by atoms with Gasteiger partial charge in [-0.25, -0.2) is 4.79 Å². The van der Waals surface area contributed by atoms with E-state index >= 15 is 0 Å². The van der Waals surface area contributed by atoms with E-state index in [4.69, 9.17) is 30.4 Å². The van der Waals surface area contributed by atoms with Crippen LogP contribution in [0.5, 0.6) is 0 Å². The normalized spacial score (nSPS) is 28.6. The molecule has 1 heterocycles. The molecule has 2 bridgehead atoms. The van der Waals surface area contributed by atoms with E-state index in [2.05, 4.69) is 17.2 Å². The molecule has 0 saturated heterocycles.